The van der Waals surface area contributed by atoms with Gasteiger partial charge in [0.2, 0.25) is 0 Å². The number of rotatable bonds is 3. The Kier molecular flexibility index (Phi) is 4.34. The summed E-state index contributed by atoms with van der Waals surface area (Å²) in [4.78, 5) is 14.7. The van der Waals surface area contributed by atoms with Crippen LogP contribution in [0.5, 0.6) is 5.75 Å². The van der Waals surface area contributed by atoms with Crippen molar-refractivity contribution in [1.29, 1.82) is 0 Å². The lowest BCUT2D eigenvalue weighted by atomic mass is 10.1. The molecule has 2 aromatic rings. The quantitative estimate of drug-likeness (QED) is 0.867. The number of carbonyl (C=O) groups excluding carboxylic acids is 1. The highest BCUT2D eigenvalue weighted by Gasteiger charge is 2.28. The molecule has 0 saturated carbocycles. The van der Waals surface area contributed by atoms with Crippen LogP contribution in [-0.2, 0) is 23.1 Å². The summed E-state index contributed by atoms with van der Waals surface area (Å²) in [7, 11) is 3.36. The number of aryl methyl sites for hydroxylation is 2. The molecule has 2 heterocycles. The van der Waals surface area contributed by atoms with E-state index in [1.54, 1.807) is 29.1 Å². The summed E-state index contributed by atoms with van der Waals surface area (Å²) in [6, 6.07) is 6.05. The lowest BCUT2D eigenvalue weighted by Gasteiger charge is -2.24. The highest BCUT2D eigenvalue weighted by Crippen LogP contribution is 2.26. The van der Waals surface area contributed by atoms with Gasteiger partial charge < -0.3 is 14.4 Å². The van der Waals surface area contributed by atoms with E-state index in [1.807, 2.05) is 26.1 Å². The van der Waals surface area contributed by atoms with Gasteiger partial charge in [0.05, 0.1) is 12.7 Å². The standard InChI is InChI=1S/C17H21N3O3/c1-12-4-5-15-13(8-12)11-20(6-7-23-15)17(21)16(22-3)14-9-18-19(2)10-14/h4-5,8-10,16H,6-7,11H2,1-3H3. The largest absolute Gasteiger partial charge is 0.491 e. The Hall–Kier alpha value is -2.34. The van der Waals surface area contributed by atoms with Gasteiger partial charge in [0.25, 0.3) is 5.91 Å². The first-order valence-corrected chi connectivity index (χ1v) is 7.61. The van der Waals surface area contributed by atoms with E-state index >= 15 is 0 Å². The Morgan fingerprint density at radius 3 is 2.96 bits per heavy atom. The molecule has 1 unspecified atom stereocenters. The topological polar surface area (TPSA) is 56.6 Å². The molecule has 1 amide bonds. The van der Waals surface area contributed by atoms with Gasteiger partial charge in [0, 0.05) is 38.0 Å². The van der Waals surface area contributed by atoms with Gasteiger partial charge in [0.1, 0.15) is 12.4 Å². The van der Waals surface area contributed by atoms with Crippen LogP contribution >= 0.6 is 0 Å². The molecule has 0 saturated heterocycles. The van der Waals surface area contributed by atoms with Gasteiger partial charge in [-0.15, -0.1) is 0 Å². The normalized spacial score (nSPS) is 15.5. The zero-order valence-electron chi connectivity index (χ0n) is 13.7. The van der Waals surface area contributed by atoms with Crippen molar-refractivity contribution in [2.75, 3.05) is 20.3 Å². The van der Waals surface area contributed by atoms with E-state index in [-0.39, 0.29) is 5.91 Å². The van der Waals surface area contributed by atoms with Crippen LogP contribution in [0.1, 0.15) is 22.8 Å². The number of ether oxygens (including phenoxy) is 2. The molecular formula is C17H21N3O3. The molecule has 6 heteroatoms. The van der Waals surface area contributed by atoms with Crippen molar-refractivity contribution in [2.45, 2.75) is 19.6 Å². The Morgan fingerprint density at radius 1 is 1.43 bits per heavy atom. The van der Waals surface area contributed by atoms with Gasteiger partial charge in [0.15, 0.2) is 6.10 Å². The SMILES string of the molecule is COC(C(=O)N1CCOc2ccc(C)cc2C1)c1cnn(C)c1. The second-order valence-corrected chi connectivity index (χ2v) is 5.78. The van der Waals surface area contributed by atoms with Crippen molar-refractivity contribution >= 4 is 5.91 Å². The lowest BCUT2D eigenvalue weighted by molar-refractivity contribution is -0.143. The number of methoxy groups -OCH3 is 1. The molecule has 0 fully saturated rings. The molecule has 1 aliphatic heterocycles. The number of hydrogen-bond acceptors (Lipinski definition) is 4. The van der Waals surface area contributed by atoms with Crippen LogP contribution < -0.4 is 4.74 Å². The molecule has 0 spiro atoms. The van der Waals surface area contributed by atoms with E-state index in [9.17, 15) is 4.79 Å². The van der Waals surface area contributed by atoms with Gasteiger partial charge in [-0.25, -0.2) is 0 Å². The van der Waals surface area contributed by atoms with Crippen molar-refractivity contribution in [1.82, 2.24) is 14.7 Å². The van der Waals surface area contributed by atoms with E-state index in [0.29, 0.717) is 19.7 Å². The van der Waals surface area contributed by atoms with Crippen molar-refractivity contribution < 1.29 is 14.3 Å². The highest BCUT2D eigenvalue weighted by atomic mass is 16.5. The minimum absolute atomic E-state index is 0.0709. The molecule has 3 rings (SSSR count). The zero-order valence-corrected chi connectivity index (χ0v) is 13.7. The van der Waals surface area contributed by atoms with Crippen LogP contribution in [0, 0.1) is 6.92 Å². The molecule has 23 heavy (non-hydrogen) atoms. The highest BCUT2D eigenvalue weighted by molar-refractivity contribution is 5.82. The molecule has 122 valence electrons. The summed E-state index contributed by atoms with van der Waals surface area (Å²) in [6.07, 6.45) is 2.83. The van der Waals surface area contributed by atoms with Gasteiger partial charge in [-0.05, 0) is 13.0 Å². The number of nitrogens with zero attached hydrogens (tertiary/aromatic N) is 3. The predicted molar refractivity (Wildman–Crippen MR) is 85.0 cm³/mol. The molecular weight excluding hydrogens is 294 g/mol. The number of fused-ring (bicyclic) bond motifs is 1. The van der Waals surface area contributed by atoms with E-state index in [4.69, 9.17) is 9.47 Å². The molecule has 0 bridgehead atoms. The molecule has 6 nitrogen and oxygen atoms in total. The average Bonchev–Trinajstić information content (AvgIpc) is 2.83. The fourth-order valence-corrected chi connectivity index (χ4v) is 2.83. The van der Waals surface area contributed by atoms with E-state index in [2.05, 4.69) is 11.2 Å². The van der Waals surface area contributed by atoms with Gasteiger partial charge in [-0.1, -0.05) is 17.7 Å². The summed E-state index contributed by atoms with van der Waals surface area (Å²) in [5.74, 6) is 0.778. The van der Waals surface area contributed by atoms with Crippen molar-refractivity contribution in [3.63, 3.8) is 0 Å². The third-order valence-corrected chi connectivity index (χ3v) is 4.00. The minimum Gasteiger partial charge on any atom is -0.491 e. The summed E-state index contributed by atoms with van der Waals surface area (Å²) in [5.41, 5.74) is 2.93. The fourth-order valence-electron chi connectivity index (χ4n) is 2.83. The second-order valence-electron chi connectivity index (χ2n) is 5.78. The first-order chi connectivity index (χ1) is 11.1. The van der Waals surface area contributed by atoms with E-state index in [0.717, 1.165) is 22.4 Å². The third kappa shape index (κ3) is 3.22. The maximum Gasteiger partial charge on any atom is 0.256 e. The third-order valence-electron chi connectivity index (χ3n) is 4.00. The van der Waals surface area contributed by atoms with Crippen molar-refractivity contribution in [2.24, 2.45) is 7.05 Å². The van der Waals surface area contributed by atoms with Gasteiger partial charge in [-0.3, -0.25) is 9.48 Å². The van der Waals surface area contributed by atoms with E-state index in [1.165, 1.54) is 0 Å². The molecule has 0 N–H and O–H groups in total. The monoisotopic (exact) mass is 315 g/mol. The fraction of sp³-hybridized carbons (Fsp3) is 0.412. The summed E-state index contributed by atoms with van der Waals surface area (Å²) < 4.78 is 12.9. The summed E-state index contributed by atoms with van der Waals surface area (Å²) in [6.45, 7) is 3.57. The van der Waals surface area contributed by atoms with E-state index < -0.39 is 6.10 Å². The first kappa shape index (κ1) is 15.6. The molecule has 1 aliphatic rings. The molecule has 1 aromatic carbocycles. The second kappa shape index (κ2) is 6.42. The van der Waals surface area contributed by atoms with Gasteiger partial charge in [-0.2, -0.15) is 5.10 Å². The van der Waals surface area contributed by atoms with Crippen LogP contribution in [0.4, 0.5) is 0 Å². The number of hydrogen-bond donors (Lipinski definition) is 0. The minimum atomic E-state index is -0.643. The van der Waals surface area contributed by atoms with Crippen LogP contribution in [0.25, 0.3) is 0 Å². The van der Waals surface area contributed by atoms with Crippen LogP contribution in [0.3, 0.4) is 0 Å². The Labute approximate surface area is 135 Å². The summed E-state index contributed by atoms with van der Waals surface area (Å²) >= 11 is 0. The van der Waals surface area contributed by atoms with Crippen molar-refractivity contribution in [3.05, 3.63) is 47.3 Å². The molecule has 0 aliphatic carbocycles. The number of benzene rings is 1. The Bertz CT molecular complexity index is 711. The summed E-state index contributed by atoms with van der Waals surface area (Å²) in [5, 5.41) is 4.12. The van der Waals surface area contributed by atoms with Crippen molar-refractivity contribution in [3.8, 4) is 5.75 Å². The van der Waals surface area contributed by atoms with Gasteiger partial charge >= 0.3 is 0 Å². The predicted octanol–water partition coefficient (Wildman–Crippen LogP) is 1.84. The molecule has 1 atom stereocenters. The number of amides is 1. The Morgan fingerprint density at radius 2 is 2.26 bits per heavy atom. The average molecular weight is 315 g/mol. The smallest absolute Gasteiger partial charge is 0.256 e. The lowest BCUT2D eigenvalue weighted by Crippen LogP contribution is -2.36. The molecule has 1 aromatic heterocycles. The first-order valence-electron chi connectivity index (χ1n) is 7.61. The Balaban J connectivity index is 1.84. The number of aromatic nitrogens is 2. The number of carbonyl (C=O) groups is 1. The molecule has 0 radical (unpaired) electrons. The van der Waals surface area contributed by atoms with Crippen LogP contribution in [0.15, 0.2) is 30.6 Å². The zero-order chi connectivity index (χ0) is 16.4. The maximum atomic E-state index is 12.9. The van der Waals surface area contributed by atoms with Crippen LogP contribution in [-0.4, -0.2) is 40.8 Å². The van der Waals surface area contributed by atoms with Crippen LogP contribution in [0.2, 0.25) is 0 Å². The maximum absolute atomic E-state index is 12.9.